The Bertz CT molecular complexity index is 487. The monoisotopic (exact) mass is 402 g/mol. The van der Waals surface area contributed by atoms with Crippen molar-refractivity contribution in [2.75, 3.05) is 19.6 Å². The molecule has 0 spiro atoms. The van der Waals surface area contributed by atoms with Gasteiger partial charge in [0.2, 0.25) is 0 Å². The van der Waals surface area contributed by atoms with E-state index < -0.39 is 0 Å². The van der Waals surface area contributed by atoms with Crippen molar-refractivity contribution in [2.24, 2.45) is 0 Å². The summed E-state index contributed by atoms with van der Waals surface area (Å²) in [4.78, 5) is 14.6. The van der Waals surface area contributed by atoms with Crippen LogP contribution in [0.15, 0.2) is 18.2 Å². The number of hydrogen-bond donors (Lipinski definition) is 2. The van der Waals surface area contributed by atoms with Gasteiger partial charge in [0.15, 0.2) is 0 Å². The predicted molar refractivity (Wildman–Crippen MR) is 92.7 cm³/mol. The summed E-state index contributed by atoms with van der Waals surface area (Å²) < 4.78 is 0.961. The van der Waals surface area contributed by atoms with Crippen LogP contribution in [-0.4, -0.2) is 41.6 Å². The maximum Gasteiger partial charge on any atom is 0.257 e. The lowest BCUT2D eigenvalue weighted by molar-refractivity contribution is 0.0736. The molecule has 1 fully saturated rings. The Morgan fingerprint density at radius 2 is 2.33 bits per heavy atom. The lowest BCUT2D eigenvalue weighted by Gasteiger charge is -2.26. The lowest BCUT2D eigenvalue weighted by Crippen LogP contribution is -2.41. The second kappa shape index (κ2) is 7.98. The molecule has 2 rings (SSSR count). The standard InChI is InChI=1S/C16H23IN2O2/c1-2-3-9-19(11-13-5-4-8-18-13)16(21)14-10-12(17)6-7-15(14)20/h6-7,10,13,18,20H,2-5,8-9,11H2,1H3. The van der Waals surface area contributed by atoms with Gasteiger partial charge in [0.1, 0.15) is 5.75 Å². The van der Waals surface area contributed by atoms with Crippen LogP contribution in [0.25, 0.3) is 0 Å². The molecule has 1 heterocycles. The zero-order chi connectivity index (χ0) is 15.2. The Morgan fingerprint density at radius 1 is 1.52 bits per heavy atom. The first kappa shape index (κ1) is 16.5. The fourth-order valence-electron chi connectivity index (χ4n) is 2.65. The molecule has 1 saturated heterocycles. The van der Waals surface area contributed by atoms with Gasteiger partial charge in [0.25, 0.3) is 5.91 Å². The van der Waals surface area contributed by atoms with Crippen molar-refractivity contribution in [3.63, 3.8) is 0 Å². The molecule has 0 aliphatic carbocycles. The van der Waals surface area contributed by atoms with Crippen LogP contribution in [0.2, 0.25) is 0 Å². The number of nitrogens with zero attached hydrogens (tertiary/aromatic N) is 1. The number of rotatable bonds is 6. The van der Waals surface area contributed by atoms with Gasteiger partial charge in [0.05, 0.1) is 5.56 Å². The minimum atomic E-state index is -0.0619. The molecule has 1 atom stereocenters. The maximum absolute atomic E-state index is 12.7. The Kier molecular flexibility index (Phi) is 6.29. The fraction of sp³-hybridized carbons (Fsp3) is 0.562. The zero-order valence-corrected chi connectivity index (χ0v) is 14.6. The first-order valence-electron chi connectivity index (χ1n) is 7.63. The summed E-state index contributed by atoms with van der Waals surface area (Å²) in [6, 6.07) is 5.55. The molecule has 1 aliphatic heterocycles. The summed E-state index contributed by atoms with van der Waals surface area (Å²) in [5.41, 5.74) is 0.413. The van der Waals surface area contributed by atoms with Crippen molar-refractivity contribution in [1.82, 2.24) is 10.2 Å². The first-order valence-corrected chi connectivity index (χ1v) is 8.71. The van der Waals surface area contributed by atoms with Crippen LogP contribution in [0.4, 0.5) is 0 Å². The number of unbranched alkanes of at least 4 members (excludes halogenated alkanes) is 1. The van der Waals surface area contributed by atoms with Gasteiger partial charge in [-0.3, -0.25) is 4.79 Å². The van der Waals surface area contributed by atoms with Gasteiger partial charge in [-0.25, -0.2) is 0 Å². The van der Waals surface area contributed by atoms with Gasteiger partial charge >= 0.3 is 0 Å². The van der Waals surface area contributed by atoms with Gasteiger partial charge in [-0.2, -0.15) is 0 Å². The Hall–Kier alpha value is -0.820. The van der Waals surface area contributed by atoms with Gasteiger partial charge in [-0.15, -0.1) is 0 Å². The van der Waals surface area contributed by atoms with E-state index >= 15 is 0 Å². The van der Waals surface area contributed by atoms with E-state index in [1.165, 1.54) is 6.42 Å². The highest BCUT2D eigenvalue weighted by Crippen LogP contribution is 2.22. The Balaban J connectivity index is 2.13. The second-order valence-corrected chi connectivity index (χ2v) is 6.81. The van der Waals surface area contributed by atoms with Crippen molar-refractivity contribution in [3.05, 3.63) is 27.3 Å². The van der Waals surface area contributed by atoms with Crippen LogP contribution in [-0.2, 0) is 0 Å². The topological polar surface area (TPSA) is 52.6 Å². The van der Waals surface area contributed by atoms with Crippen LogP contribution in [0.3, 0.4) is 0 Å². The van der Waals surface area contributed by atoms with Gasteiger partial charge < -0.3 is 15.3 Å². The molecule has 1 aromatic rings. The number of benzene rings is 1. The summed E-state index contributed by atoms with van der Waals surface area (Å²) in [7, 11) is 0. The van der Waals surface area contributed by atoms with Crippen molar-refractivity contribution in [3.8, 4) is 5.75 Å². The number of halogens is 1. The molecular formula is C16H23IN2O2. The summed E-state index contributed by atoms with van der Waals surface area (Å²) in [6.07, 6.45) is 4.34. The zero-order valence-electron chi connectivity index (χ0n) is 12.4. The molecule has 0 aromatic heterocycles. The Morgan fingerprint density at radius 3 is 3.00 bits per heavy atom. The molecule has 116 valence electrons. The molecule has 21 heavy (non-hydrogen) atoms. The van der Waals surface area contributed by atoms with E-state index in [1.54, 1.807) is 12.1 Å². The summed E-state index contributed by atoms with van der Waals surface area (Å²) >= 11 is 2.16. The van der Waals surface area contributed by atoms with Crippen LogP contribution in [0, 0.1) is 3.57 Å². The number of aromatic hydroxyl groups is 1. The molecule has 4 nitrogen and oxygen atoms in total. The number of phenolic OH excluding ortho intramolecular Hbond substituents is 1. The third-order valence-electron chi connectivity index (χ3n) is 3.86. The molecule has 0 bridgehead atoms. The van der Waals surface area contributed by atoms with E-state index in [9.17, 15) is 9.90 Å². The van der Waals surface area contributed by atoms with E-state index in [0.717, 1.165) is 42.5 Å². The predicted octanol–water partition coefficient (Wildman–Crippen LogP) is 2.99. The largest absolute Gasteiger partial charge is 0.507 e. The average Bonchev–Trinajstić information content (AvgIpc) is 2.98. The minimum Gasteiger partial charge on any atom is -0.507 e. The van der Waals surface area contributed by atoms with E-state index in [1.807, 2.05) is 11.0 Å². The lowest BCUT2D eigenvalue weighted by atomic mass is 10.1. The maximum atomic E-state index is 12.7. The van der Waals surface area contributed by atoms with Crippen molar-refractivity contribution < 1.29 is 9.90 Å². The van der Waals surface area contributed by atoms with E-state index in [-0.39, 0.29) is 11.7 Å². The molecule has 0 radical (unpaired) electrons. The van der Waals surface area contributed by atoms with Crippen molar-refractivity contribution in [1.29, 1.82) is 0 Å². The number of amides is 1. The molecule has 5 heteroatoms. The number of carbonyl (C=O) groups excluding carboxylic acids is 1. The number of phenols is 1. The molecular weight excluding hydrogens is 379 g/mol. The minimum absolute atomic E-state index is 0.0619. The fourth-order valence-corrected chi connectivity index (χ4v) is 3.14. The smallest absolute Gasteiger partial charge is 0.257 e. The van der Waals surface area contributed by atoms with Gasteiger partial charge in [-0.05, 0) is 66.6 Å². The molecule has 1 unspecified atom stereocenters. The summed E-state index contributed by atoms with van der Waals surface area (Å²) in [6.45, 7) is 4.64. The highest BCUT2D eigenvalue weighted by Gasteiger charge is 2.23. The third kappa shape index (κ3) is 4.57. The molecule has 2 N–H and O–H groups in total. The van der Waals surface area contributed by atoms with Crippen LogP contribution in [0.5, 0.6) is 5.75 Å². The average molecular weight is 402 g/mol. The van der Waals surface area contributed by atoms with Gasteiger partial charge in [-0.1, -0.05) is 13.3 Å². The van der Waals surface area contributed by atoms with Crippen LogP contribution >= 0.6 is 22.6 Å². The SMILES string of the molecule is CCCCN(CC1CCCN1)C(=O)c1cc(I)ccc1O. The third-order valence-corrected chi connectivity index (χ3v) is 4.53. The quantitative estimate of drug-likeness (QED) is 0.720. The first-order chi connectivity index (χ1) is 10.1. The number of hydrogen-bond acceptors (Lipinski definition) is 3. The summed E-state index contributed by atoms with van der Waals surface area (Å²) in [5.74, 6) is 0.00876. The molecule has 1 aliphatic rings. The molecule has 1 amide bonds. The second-order valence-electron chi connectivity index (χ2n) is 5.56. The van der Waals surface area contributed by atoms with Gasteiger partial charge in [0, 0.05) is 22.7 Å². The molecule has 1 aromatic carbocycles. The summed E-state index contributed by atoms with van der Waals surface area (Å²) in [5, 5.41) is 13.4. The molecule has 0 saturated carbocycles. The highest BCUT2D eigenvalue weighted by molar-refractivity contribution is 14.1. The van der Waals surface area contributed by atoms with Crippen molar-refractivity contribution in [2.45, 2.75) is 38.6 Å². The van der Waals surface area contributed by atoms with E-state index in [4.69, 9.17) is 0 Å². The van der Waals surface area contributed by atoms with Crippen LogP contribution in [0.1, 0.15) is 43.0 Å². The van der Waals surface area contributed by atoms with E-state index in [2.05, 4.69) is 34.8 Å². The van der Waals surface area contributed by atoms with Crippen LogP contribution < -0.4 is 5.32 Å². The van der Waals surface area contributed by atoms with Crippen molar-refractivity contribution >= 4 is 28.5 Å². The van der Waals surface area contributed by atoms with E-state index in [0.29, 0.717) is 11.6 Å². The number of carbonyl (C=O) groups is 1. The normalized spacial score (nSPS) is 17.9. The highest BCUT2D eigenvalue weighted by atomic mass is 127. The number of nitrogens with one attached hydrogen (secondary N) is 1. The Labute approximate surface area is 140 Å².